The normalized spacial score (nSPS) is 10.7. The number of nitrogens with zero attached hydrogens (tertiary/aromatic N) is 2. The second-order valence-electron chi connectivity index (χ2n) is 4.33. The summed E-state index contributed by atoms with van der Waals surface area (Å²) in [6, 6.07) is 5.71. The molecule has 0 spiro atoms. The number of nitrogens with two attached hydrogens (primary N) is 1. The van der Waals surface area contributed by atoms with Gasteiger partial charge in [-0.3, -0.25) is 5.41 Å². The Morgan fingerprint density at radius 1 is 1.33 bits per heavy atom. The first-order chi connectivity index (χ1) is 8.41. The highest BCUT2D eigenvalue weighted by molar-refractivity contribution is 6.31. The molecule has 3 N–H and O–H groups in total. The first-order valence-corrected chi connectivity index (χ1v) is 5.96. The lowest BCUT2D eigenvalue weighted by molar-refractivity contribution is 0.830. The molecule has 0 radical (unpaired) electrons. The summed E-state index contributed by atoms with van der Waals surface area (Å²) >= 11 is 6.15. The highest BCUT2D eigenvalue weighted by Gasteiger charge is 2.14. The minimum absolute atomic E-state index is 0.0219. The van der Waals surface area contributed by atoms with Crippen LogP contribution in [-0.4, -0.2) is 15.6 Å². The maximum Gasteiger partial charge on any atom is 0.124 e. The maximum absolute atomic E-state index is 7.63. The van der Waals surface area contributed by atoms with E-state index in [9.17, 15) is 0 Å². The first kappa shape index (κ1) is 12.6. The highest BCUT2D eigenvalue weighted by Crippen LogP contribution is 2.24. The predicted molar refractivity (Wildman–Crippen MR) is 73.8 cm³/mol. The van der Waals surface area contributed by atoms with Crippen LogP contribution in [0.1, 0.15) is 22.5 Å². The van der Waals surface area contributed by atoms with Crippen molar-refractivity contribution in [3.63, 3.8) is 0 Å². The minimum Gasteiger partial charge on any atom is -0.384 e. The summed E-state index contributed by atoms with van der Waals surface area (Å²) in [4.78, 5) is 0. The third kappa shape index (κ3) is 1.99. The highest BCUT2D eigenvalue weighted by atomic mass is 35.5. The molecule has 94 valence electrons. The molecule has 0 unspecified atom stereocenters. The Kier molecular flexibility index (Phi) is 3.13. The van der Waals surface area contributed by atoms with E-state index >= 15 is 0 Å². The second-order valence-corrected chi connectivity index (χ2v) is 4.71. The van der Waals surface area contributed by atoms with Crippen molar-refractivity contribution in [3.8, 4) is 5.69 Å². The van der Waals surface area contributed by atoms with E-state index < -0.39 is 0 Å². The molecule has 18 heavy (non-hydrogen) atoms. The molecule has 0 fully saturated rings. The third-order valence-corrected chi connectivity index (χ3v) is 3.42. The lowest BCUT2D eigenvalue weighted by Crippen LogP contribution is -2.16. The van der Waals surface area contributed by atoms with Gasteiger partial charge in [0.15, 0.2) is 0 Å². The summed E-state index contributed by atoms with van der Waals surface area (Å²) in [7, 11) is 0. The molecule has 0 saturated heterocycles. The maximum atomic E-state index is 7.63. The lowest BCUT2D eigenvalue weighted by atomic mass is 10.1. The number of nitrogens with one attached hydrogen (secondary N) is 1. The van der Waals surface area contributed by atoms with Gasteiger partial charge in [-0.1, -0.05) is 17.7 Å². The lowest BCUT2D eigenvalue weighted by Gasteiger charge is -2.11. The molecule has 1 aromatic heterocycles. The number of halogens is 1. The van der Waals surface area contributed by atoms with E-state index in [0.717, 1.165) is 22.6 Å². The Labute approximate surface area is 111 Å². The van der Waals surface area contributed by atoms with E-state index in [1.54, 1.807) is 4.68 Å². The van der Waals surface area contributed by atoms with Crippen LogP contribution in [0.5, 0.6) is 0 Å². The molecule has 0 saturated carbocycles. The quantitative estimate of drug-likeness (QED) is 0.645. The Hall–Kier alpha value is -1.81. The molecular weight excluding hydrogens is 248 g/mol. The topological polar surface area (TPSA) is 67.7 Å². The van der Waals surface area contributed by atoms with E-state index in [4.69, 9.17) is 22.7 Å². The Bertz CT molecular complexity index is 628. The zero-order chi connectivity index (χ0) is 13.4. The molecule has 2 rings (SSSR count). The van der Waals surface area contributed by atoms with Crippen LogP contribution in [0.4, 0.5) is 0 Å². The van der Waals surface area contributed by atoms with Crippen LogP contribution >= 0.6 is 11.6 Å². The number of nitrogen functional groups attached to an aromatic ring is 1. The van der Waals surface area contributed by atoms with Crippen molar-refractivity contribution in [2.75, 3.05) is 0 Å². The Balaban J connectivity index is 2.73. The number of aromatic nitrogens is 2. The van der Waals surface area contributed by atoms with Gasteiger partial charge in [-0.15, -0.1) is 0 Å². The average Bonchev–Trinajstić information content (AvgIpc) is 2.56. The van der Waals surface area contributed by atoms with Crippen molar-refractivity contribution in [2.24, 2.45) is 5.73 Å². The number of hydrogen-bond donors (Lipinski definition) is 2. The van der Waals surface area contributed by atoms with Crippen LogP contribution < -0.4 is 5.73 Å². The first-order valence-electron chi connectivity index (χ1n) is 5.59. The third-order valence-electron chi connectivity index (χ3n) is 2.87. The van der Waals surface area contributed by atoms with E-state index in [2.05, 4.69) is 5.10 Å². The molecule has 1 heterocycles. The van der Waals surface area contributed by atoms with Crippen molar-refractivity contribution < 1.29 is 0 Å². The summed E-state index contributed by atoms with van der Waals surface area (Å²) in [5.74, 6) is 0.0219. The molecule has 2 aromatic rings. The van der Waals surface area contributed by atoms with E-state index in [0.29, 0.717) is 10.6 Å². The predicted octanol–water partition coefficient (Wildman–Crippen LogP) is 2.74. The van der Waals surface area contributed by atoms with Gasteiger partial charge in [0.1, 0.15) is 5.84 Å². The standard InChI is InChI=1S/C13H15ClN4/c1-7-4-5-10(13(15)16)11(6-7)18-9(3)12(14)8(2)17-18/h4-6H,1-3H3,(H3,15,16). The fourth-order valence-electron chi connectivity index (χ4n) is 1.90. The van der Waals surface area contributed by atoms with Gasteiger partial charge in [-0.25, -0.2) is 4.68 Å². The molecule has 1 aromatic carbocycles. The van der Waals surface area contributed by atoms with Crippen molar-refractivity contribution in [2.45, 2.75) is 20.8 Å². The van der Waals surface area contributed by atoms with Gasteiger partial charge in [0.05, 0.1) is 22.1 Å². The SMILES string of the molecule is Cc1ccc(C(=N)N)c(-n2nc(C)c(Cl)c2C)c1. The van der Waals surface area contributed by atoms with Gasteiger partial charge < -0.3 is 5.73 Å². The zero-order valence-corrected chi connectivity index (χ0v) is 11.3. The number of amidine groups is 1. The molecule has 0 aliphatic heterocycles. The van der Waals surface area contributed by atoms with Gasteiger partial charge in [0.2, 0.25) is 0 Å². The van der Waals surface area contributed by atoms with Crippen LogP contribution in [-0.2, 0) is 0 Å². The smallest absolute Gasteiger partial charge is 0.124 e. The van der Waals surface area contributed by atoms with Crippen molar-refractivity contribution in [3.05, 3.63) is 45.7 Å². The van der Waals surface area contributed by atoms with Crippen LogP contribution in [0.15, 0.2) is 18.2 Å². The minimum atomic E-state index is 0.0219. The van der Waals surface area contributed by atoms with Gasteiger partial charge in [-0.05, 0) is 38.5 Å². The van der Waals surface area contributed by atoms with Gasteiger partial charge in [0, 0.05) is 5.56 Å². The number of hydrogen-bond acceptors (Lipinski definition) is 2. The average molecular weight is 263 g/mol. The molecule has 0 amide bonds. The molecule has 0 atom stereocenters. The monoisotopic (exact) mass is 262 g/mol. The van der Waals surface area contributed by atoms with Crippen molar-refractivity contribution in [1.82, 2.24) is 9.78 Å². The molecule has 4 nitrogen and oxygen atoms in total. The zero-order valence-electron chi connectivity index (χ0n) is 10.6. The van der Waals surface area contributed by atoms with Crippen LogP contribution in [0.3, 0.4) is 0 Å². The number of benzene rings is 1. The van der Waals surface area contributed by atoms with Crippen LogP contribution in [0.25, 0.3) is 5.69 Å². The van der Waals surface area contributed by atoms with Gasteiger partial charge in [-0.2, -0.15) is 5.10 Å². The number of aryl methyl sites for hydroxylation is 2. The summed E-state index contributed by atoms with van der Waals surface area (Å²) in [6.07, 6.45) is 0. The van der Waals surface area contributed by atoms with Gasteiger partial charge >= 0.3 is 0 Å². The molecule has 0 aliphatic carbocycles. The van der Waals surface area contributed by atoms with Crippen LogP contribution in [0.2, 0.25) is 5.02 Å². The molecular formula is C13H15ClN4. The van der Waals surface area contributed by atoms with E-state index in [1.807, 2.05) is 39.0 Å². The van der Waals surface area contributed by atoms with Crippen molar-refractivity contribution in [1.29, 1.82) is 5.41 Å². The van der Waals surface area contributed by atoms with E-state index in [1.165, 1.54) is 0 Å². The van der Waals surface area contributed by atoms with E-state index in [-0.39, 0.29) is 5.84 Å². The summed E-state index contributed by atoms with van der Waals surface area (Å²) in [6.45, 7) is 5.74. The van der Waals surface area contributed by atoms with Crippen LogP contribution in [0, 0.1) is 26.2 Å². The molecule has 5 heteroatoms. The molecule has 0 aliphatic rings. The second kappa shape index (κ2) is 4.46. The summed E-state index contributed by atoms with van der Waals surface area (Å²) in [5.41, 5.74) is 9.75. The van der Waals surface area contributed by atoms with Crippen molar-refractivity contribution >= 4 is 17.4 Å². The fraction of sp³-hybridized carbons (Fsp3) is 0.231. The summed E-state index contributed by atoms with van der Waals surface area (Å²) in [5, 5.41) is 12.7. The van der Waals surface area contributed by atoms with Gasteiger partial charge in [0.25, 0.3) is 0 Å². The summed E-state index contributed by atoms with van der Waals surface area (Å²) < 4.78 is 1.74. The number of rotatable bonds is 2. The fourth-order valence-corrected chi connectivity index (χ4v) is 2.02. The Morgan fingerprint density at radius 2 is 2.00 bits per heavy atom. The Morgan fingerprint density at radius 3 is 2.50 bits per heavy atom. The largest absolute Gasteiger partial charge is 0.384 e. The molecule has 0 bridgehead atoms.